The van der Waals surface area contributed by atoms with E-state index in [-0.39, 0.29) is 12.0 Å². The Morgan fingerprint density at radius 1 is 1.20 bits per heavy atom. The zero-order chi connectivity index (χ0) is 17.6. The van der Waals surface area contributed by atoms with Gasteiger partial charge in [0.2, 0.25) is 17.7 Å². The number of amides is 1. The zero-order valence-corrected chi connectivity index (χ0v) is 14.8. The lowest BCUT2D eigenvalue weighted by atomic mass is 10.1. The van der Waals surface area contributed by atoms with Gasteiger partial charge in [0.25, 0.3) is 0 Å². The maximum Gasteiger partial charge on any atom is 0.233 e. The summed E-state index contributed by atoms with van der Waals surface area (Å²) in [5, 5.41) is 8.54. The van der Waals surface area contributed by atoms with Crippen molar-refractivity contribution in [2.24, 2.45) is 0 Å². The zero-order valence-electron chi connectivity index (χ0n) is 14.0. The van der Waals surface area contributed by atoms with Crippen LogP contribution in [0.4, 0.5) is 0 Å². The lowest BCUT2D eigenvalue weighted by Gasteiger charge is -2.32. The Bertz CT molecular complexity index is 707. The molecule has 6 nitrogen and oxygen atoms in total. The highest BCUT2D eigenvalue weighted by Crippen LogP contribution is 2.19. The Hall–Kier alpha value is -2.34. The molecule has 7 heteroatoms. The standard InChI is InChI=1S/C18H20ClN3O3/c1-24-16-8-9-17(21-20-16)25-15-3-2-10-22(12-15)18(23)11-13-4-6-14(19)7-5-13/h4-9,15H,2-3,10-12H2,1H3. The summed E-state index contributed by atoms with van der Waals surface area (Å²) >= 11 is 5.88. The SMILES string of the molecule is COc1ccc(OC2CCCN(C(=O)Cc3ccc(Cl)cc3)C2)nn1. The predicted octanol–water partition coefficient (Wildman–Crippen LogP) is 2.75. The minimum absolute atomic E-state index is 0.0781. The van der Waals surface area contributed by atoms with Crippen molar-refractivity contribution in [1.29, 1.82) is 0 Å². The van der Waals surface area contributed by atoms with Gasteiger partial charge >= 0.3 is 0 Å². The molecule has 1 unspecified atom stereocenters. The number of methoxy groups -OCH3 is 1. The summed E-state index contributed by atoms with van der Waals surface area (Å²) in [6.45, 7) is 1.31. The molecule has 1 amide bonds. The minimum atomic E-state index is -0.0781. The molecule has 1 aliphatic heterocycles. The van der Waals surface area contributed by atoms with E-state index in [4.69, 9.17) is 21.1 Å². The summed E-state index contributed by atoms with van der Waals surface area (Å²) in [4.78, 5) is 14.4. The number of halogens is 1. The first-order chi connectivity index (χ1) is 12.1. The van der Waals surface area contributed by atoms with Crippen molar-refractivity contribution < 1.29 is 14.3 Å². The Kier molecular flexibility index (Phi) is 5.71. The number of hydrogen-bond donors (Lipinski definition) is 0. The fourth-order valence-electron chi connectivity index (χ4n) is 2.80. The highest BCUT2D eigenvalue weighted by Gasteiger charge is 2.25. The van der Waals surface area contributed by atoms with Crippen molar-refractivity contribution in [1.82, 2.24) is 15.1 Å². The van der Waals surface area contributed by atoms with Crippen molar-refractivity contribution >= 4 is 17.5 Å². The molecule has 0 aliphatic carbocycles. The van der Waals surface area contributed by atoms with Gasteiger partial charge < -0.3 is 14.4 Å². The Morgan fingerprint density at radius 2 is 1.92 bits per heavy atom. The smallest absolute Gasteiger partial charge is 0.233 e. The molecule has 3 rings (SSSR count). The van der Waals surface area contributed by atoms with E-state index in [0.29, 0.717) is 29.7 Å². The number of piperidine rings is 1. The molecule has 1 atom stereocenters. The number of hydrogen-bond acceptors (Lipinski definition) is 5. The molecule has 1 aromatic heterocycles. The molecule has 0 spiro atoms. The van der Waals surface area contributed by atoms with Gasteiger partial charge in [-0.3, -0.25) is 4.79 Å². The molecule has 1 saturated heterocycles. The first-order valence-electron chi connectivity index (χ1n) is 8.20. The van der Waals surface area contributed by atoms with Gasteiger partial charge in [0.05, 0.1) is 20.1 Å². The van der Waals surface area contributed by atoms with Crippen LogP contribution in [0.2, 0.25) is 5.02 Å². The van der Waals surface area contributed by atoms with Gasteiger partial charge in [0.1, 0.15) is 6.10 Å². The van der Waals surface area contributed by atoms with Gasteiger partial charge in [-0.15, -0.1) is 10.2 Å². The Morgan fingerprint density at radius 3 is 2.60 bits per heavy atom. The average molecular weight is 362 g/mol. The van der Waals surface area contributed by atoms with Crippen LogP contribution in [0.5, 0.6) is 11.8 Å². The number of likely N-dealkylation sites (tertiary alicyclic amines) is 1. The number of carbonyl (C=O) groups excluding carboxylic acids is 1. The molecular weight excluding hydrogens is 342 g/mol. The maximum absolute atomic E-state index is 12.5. The summed E-state index contributed by atoms with van der Waals surface area (Å²) < 4.78 is 10.8. The summed E-state index contributed by atoms with van der Waals surface area (Å²) in [7, 11) is 1.54. The van der Waals surface area contributed by atoms with E-state index < -0.39 is 0 Å². The first-order valence-corrected chi connectivity index (χ1v) is 8.58. The van der Waals surface area contributed by atoms with Crippen LogP contribution in [0.3, 0.4) is 0 Å². The number of benzene rings is 1. The van der Waals surface area contributed by atoms with Crippen molar-refractivity contribution in [2.75, 3.05) is 20.2 Å². The average Bonchev–Trinajstić information content (AvgIpc) is 2.64. The van der Waals surface area contributed by atoms with E-state index in [1.165, 1.54) is 7.11 Å². The summed E-state index contributed by atoms with van der Waals surface area (Å²) in [6, 6.07) is 10.8. The number of ether oxygens (including phenoxy) is 2. The van der Waals surface area contributed by atoms with Crippen LogP contribution in [-0.4, -0.2) is 47.3 Å². The van der Waals surface area contributed by atoms with Crippen LogP contribution in [-0.2, 0) is 11.2 Å². The van der Waals surface area contributed by atoms with E-state index in [9.17, 15) is 4.79 Å². The largest absolute Gasteiger partial charge is 0.480 e. The van der Waals surface area contributed by atoms with Crippen molar-refractivity contribution in [2.45, 2.75) is 25.4 Å². The van der Waals surface area contributed by atoms with Crippen LogP contribution in [0, 0.1) is 0 Å². The third kappa shape index (κ3) is 4.82. The van der Waals surface area contributed by atoms with Crippen molar-refractivity contribution in [3.05, 3.63) is 47.0 Å². The molecular formula is C18H20ClN3O3. The van der Waals surface area contributed by atoms with Crippen molar-refractivity contribution in [3.63, 3.8) is 0 Å². The van der Waals surface area contributed by atoms with E-state index >= 15 is 0 Å². The van der Waals surface area contributed by atoms with Gasteiger partial charge in [0, 0.05) is 23.7 Å². The quantitative estimate of drug-likeness (QED) is 0.819. The first kappa shape index (κ1) is 17.5. The number of aromatic nitrogens is 2. The van der Waals surface area contributed by atoms with Gasteiger partial charge in [-0.05, 0) is 30.5 Å². The summed E-state index contributed by atoms with van der Waals surface area (Å²) in [6.07, 6.45) is 2.08. The second-order valence-corrected chi connectivity index (χ2v) is 6.38. The molecule has 1 aromatic carbocycles. The maximum atomic E-state index is 12.5. The Balaban J connectivity index is 1.56. The molecule has 0 N–H and O–H groups in total. The summed E-state index contributed by atoms with van der Waals surface area (Å²) in [5.41, 5.74) is 0.957. The molecule has 0 saturated carbocycles. The van der Waals surface area contributed by atoms with E-state index in [2.05, 4.69) is 10.2 Å². The molecule has 2 aromatic rings. The fraction of sp³-hybridized carbons (Fsp3) is 0.389. The summed E-state index contributed by atoms with van der Waals surface area (Å²) in [5.74, 6) is 0.977. The van der Waals surface area contributed by atoms with Crippen LogP contribution < -0.4 is 9.47 Å². The highest BCUT2D eigenvalue weighted by molar-refractivity contribution is 6.30. The van der Waals surface area contributed by atoms with Crippen molar-refractivity contribution in [3.8, 4) is 11.8 Å². The van der Waals surface area contributed by atoms with E-state index in [1.54, 1.807) is 24.3 Å². The normalized spacial score (nSPS) is 17.2. The van der Waals surface area contributed by atoms with Crippen LogP contribution >= 0.6 is 11.6 Å². The molecule has 0 bridgehead atoms. The van der Waals surface area contributed by atoms with Gasteiger partial charge in [0.15, 0.2) is 0 Å². The molecule has 1 aliphatic rings. The third-order valence-electron chi connectivity index (χ3n) is 4.11. The van der Waals surface area contributed by atoms with Crippen LogP contribution in [0.1, 0.15) is 18.4 Å². The van der Waals surface area contributed by atoms with Gasteiger partial charge in [-0.2, -0.15) is 0 Å². The molecule has 2 heterocycles. The fourth-order valence-corrected chi connectivity index (χ4v) is 2.93. The number of nitrogens with zero attached hydrogens (tertiary/aromatic N) is 3. The minimum Gasteiger partial charge on any atom is -0.480 e. The van der Waals surface area contributed by atoms with E-state index in [0.717, 1.165) is 24.9 Å². The molecule has 1 fully saturated rings. The van der Waals surface area contributed by atoms with Gasteiger partial charge in [-0.1, -0.05) is 23.7 Å². The van der Waals surface area contributed by atoms with Crippen LogP contribution in [0.25, 0.3) is 0 Å². The lowest BCUT2D eigenvalue weighted by Crippen LogP contribution is -2.45. The predicted molar refractivity (Wildman–Crippen MR) is 94.0 cm³/mol. The molecule has 0 radical (unpaired) electrons. The number of carbonyl (C=O) groups is 1. The second kappa shape index (κ2) is 8.16. The number of rotatable bonds is 5. The highest BCUT2D eigenvalue weighted by atomic mass is 35.5. The third-order valence-corrected chi connectivity index (χ3v) is 4.36. The Labute approximate surface area is 151 Å². The topological polar surface area (TPSA) is 64.6 Å². The lowest BCUT2D eigenvalue weighted by molar-refractivity contribution is -0.133. The monoisotopic (exact) mass is 361 g/mol. The van der Waals surface area contributed by atoms with Crippen LogP contribution in [0.15, 0.2) is 36.4 Å². The van der Waals surface area contributed by atoms with Gasteiger partial charge in [-0.25, -0.2) is 0 Å². The van der Waals surface area contributed by atoms with E-state index in [1.807, 2.05) is 17.0 Å². The molecule has 25 heavy (non-hydrogen) atoms. The second-order valence-electron chi connectivity index (χ2n) is 5.94. The molecule has 132 valence electrons.